The van der Waals surface area contributed by atoms with E-state index in [9.17, 15) is 13.2 Å². The van der Waals surface area contributed by atoms with Crippen LogP contribution in [0.1, 0.15) is 6.42 Å². The monoisotopic (exact) mass is 186 g/mol. The molecule has 2 nitrogen and oxygen atoms in total. The van der Waals surface area contributed by atoms with Crippen LogP contribution in [0.25, 0.3) is 0 Å². The second-order valence-corrected chi connectivity index (χ2v) is 2.09. The van der Waals surface area contributed by atoms with Gasteiger partial charge in [0.1, 0.15) is 6.67 Å². The van der Waals surface area contributed by atoms with Crippen LogP contribution in [0.3, 0.4) is 0 Å². The zero-order valence-corrected chi connectivity index (χ0v) is 6.77. The number of ether oxygens (including phenoxy) is 2. The molecule has 0 amide bonds. The zero-order valence-electron chi connectivity index (χ0n) is 6.77. The van der Waals surface area contributed by atoms with Gasteiger partial charge in [0.25, 0.3) is 0 Å². The van der Waals surface area contributed by atoms with Gasteiger partial charge in [-0.1, -0.05) is 0 Å². The van der Waals surface area contributed by atoms with E-state index in [1.807, 2.05) is 0 Å². The Labute approximate surface area is 69.7 Å². The van der Waals surface area contributed by atoms with Crippen LogP contribution in [0.5, 0.6) is 0 Å². The fourth-order valence-corrected chi connectivity index (χ4v) is 0.549. The van der Waals surface area contributed by atoms with Gasteiger partial charge >= 0.3 is 0 Å². The number of hydrogen-bond donors (Lipinski definition) is 0. The molecule has 0 atom stereocenters. The van der Waals surface area contributed by atoms with Crippen molar-refractivity contribution < 1.29 is 22.6 Å². The zero-order chi connectivity index (χ0) is 9.23. The molecule has 0 N–H and O–H groups in total. The van der Waals surface area contributed by atoms with Crippen LogP contribution in [-0.4, -0.2) is 39.5 Å². The number of rotatable bonds is 8. The summed E-state index contributed by atoms with van der Waals surface area (Å²) >= 11 is 0. The lowest BCUT2D eigenvalue weighted by Crippen LogP contribution is -2.08. The molecule has 0 spiro atoms. The molecular formula is C7H13F3O2. The summed E-state index contributed by atoms with van der Waals surface area (Å²) in [5.41, 5.74) is 0. The Morgan fingerprint density at radius 1 is 0.917 bits per heavy atom. The first kappa shape index (κ1) is 11.7. The van der Waals surface area contributed by atoms with E-state index < -0.39 is 13.1 Å². The maximum absolute atomic E-state index is 11.5. The molecule has 0 radical (unpaired) electrons. The molecule has 74 valence electrons. The fraction of sp³-hybridized carbons (Fsp3) is 1.00. The molecule has 0 fully saturated rings. The van der Waals surface area contributed by atoms with Crippen molar-refractivity contribution >= 4 is 0 Å². The van der Waals surface area contributed by atoms with Gasteiger partial charge in [0.15, 0.2) is 0 Å². The molecule has 5 heteroatoms. The van der Waals surface area contributed by atoms with Gasteiger partial charge in [-0.05, 0) is 0 Å². The molecule has 0 saturated carbocycles. The molecule has 0 heterocycles. The normalized spacial score (nSPS) is 11.0. The van der Waals surface area contributed by atoms with Gasteiger partial charge in [0.2, 0.25) is 6.43 Å². The minimum Gasteiger partial charge on any atom is -0.379 e. The SMILES string of the molecule is FCCOCCOCCC(F)F. The first-order valence-electron chi connectivity index (χ1n) is 3.77. The average molecular weight is 186 g/mol. The molecule has 0 aromatic heterocycles. The molecule has 0 aliphatic rings. The lowest BCUT2D eigenvalue weighted by Gasteiger charge is -2.03. The summed E-state index contributed by atoms with van der Waals surface area (Å²) in [6.07, 6.45) is -2.58. The van der Waals surface area contributed by atoms with E-state index in [0.717, 1.165) is 0 Å². The van der Waals surface area contributed by atoms with Crippen LogP contribution in [0.4, 0.5) is 13.2 Å². The predicted molar refractivity (Wildman–Crippen MR) is 38.2 cm³/mol. The number of halogens is 3. The highest BCUT2D eigenvalue weighted by atomic mass is 19.3. The molecule has 0 aliphatic carbocycles. The summed E-state index contributed by atoms with van der Waals surface area (Å²) in [5, 5.41) is 0. The summed E-state index contributed by atoms with van der Waals surface area (Å²) in [4.78, 5) is 0. The fourth-order valence-electron chi connectivity index (χ4n) is 0.549. The summed E-state index contributed by atoms with van der Waals surface area (Å²) < 4.78 is 43.9. The average Bonchev–Trinajstić information content (AvgIpc) is 2.02. The number of hydrogen-bond acceptors (Lipinski definition) is 2. The van der Waals surface area contributed by atoms with E-state index in [0.29, 0.717) is 0 Å². The third-order valence-corrected chi connectivity index (χ3v) is 1.07. The van der Waals surface area contributed by atoms with Crippen molar-refractivity contribution in [3.05, 3.63) is 0 Å². The summed E-state index contributed by atoms with van der Waals surface area (Å²) in [6, 6.07) is 0. The highest BCUT2D eigenvalue weighted by Gasteiger charge is 2.00. The van der Waals surface area contributed by atoms with Crippen molar-refractivity contribution in [2.24, 2.45) is 0 Å². The van der Waals surface area contributed by atoms with Crippen molar-refractivity contribution in [3.63, 3.8) is 0 Å². The Morgan fingerprint density at radius 2 is 1.50 bits per heavy atom. The molecule has 0 aromatic rings. The van der Waals surface area contributed by atoms with Gasteiger partial charge in [-0.2, -0.15) is 0 Å². The summed E-state index contributed by atoms with van der Waals surface area (Å²) in [5.74, 6) is 0. The van der Waals surface area contributed by atoms with E-state index >= 15 is 0 Å². The second kappa shape index (κ2) is 8.80. The highest BCUT2D eigenvalue weighted by molar-refractivity contribution is 4.38. The second-order valence-electron chi connectivity index (χ2n) is 2.09. The summed E-state index contributed by atoms with van der Waals surface area (Å²) in [6.45, 7) is 0.0335. The van der Waals surface area contributed by atoms with Gasteiger partial charge < -0.3 is 9.47 Å². The van der Waals surface area contributed by atoms with Crippen molar-refractivity contribution in [1.29, 1.82) is 0 Å². The largest absolute Gasteiger partial charge is 0.379 e. The van der Waals surface area contributed by atoms with Gasteiger partial charge in [-0.3, -0.25) is 0 Å². The minimum atomic E-state index is -2.32. The van der Waals surface area contributed by atoms with Crippen LogP contribution in [0.15, 0.2) is 0 Å². The number of alkyl halides is 3. The Bertz CT molecular complexity index is 90.7. The van der Waals surface area contributed by atoms with Gasteiger partial charge in [-0.25, -0.2) is 13.2 Å². The van der Waals surface area contributed by atoms with Crippen molar-refractivity contribution in [1.82, 2.24) is 0 Å². The van der Waals surface area contributed by atoms with E-state index in [4.69, 9.17) is 9.47 Å². The predicted octanol–water partition coefficient (Wildman–Crippen LogP) is 1.64. The maximum atomic E-state index is 11.5. The Kier molecular flexibility index (Phi) is 8.59. The van der Waals surface area contributed by atoms with Gasteiger partial charge in [0, 0.05) is 6.42 Å². The Morgan fingerprint density at radius 3 is 2.00 bits per heavy atom. The first-order chi connectivity index (χ1) is 5.77. The van der Waals surface area contributed by atoms with Crippen LogP contribution >= 0.6 is 0 Å². The standard InChI is InChI=1S/C7H13F3O2/c8-2-4-12-6-5-11-3-1-7(9)10/h7H,1-6H2. The summed E-state index contributed by atoms with van der Waals surface area (Å²) in [7, 11) is 0. The topological polar surface area (TPSA) is 18.5 Å². The van der Waals surface area contributed by atoms with Crippen LogP contribution in [-0.2, 0) is 9.47 Å². The molecule has 0 unspecified atom stereocenters. The van der Waals surface area contributed by atoms with Crippen molar-refractivity contribution in [3.8, 4) is 0 Å². The van der Waals surface area contributed by atoms with Gasteiger partial charge in [0.05, 0.1) is 26.4 Å². The van der Waals surface area contributed by atoms with Crippen LogP contribution in [0.2, 0.25) is 0 Å². The molecular weight excluding hydrogens is 173 g/mol. The van der Waals surface area contributed by atoms with Crippen LogP contribution in [0, 0.1) is 0 Å². The van der Waals surface area contributed by atoms with Crippen molar-refractivity contribution in [2.45, 2.75) is 12.8 Å². The lowest BCUT2D eigenvalue weighted by atomic mass is 10.5. The third-order valence-electron chi connectivity index (χ3n) is 1.07. The maximum Gasteiger partial charge on any atom is 0.240 e. The molecule has 12 heavy (non-hydrogen) atoms. The molecule has 0 bridgehead atoms. The highest BCUT2D eigenvalue weighted by Crippen LogP contribution is 1.97. The van der Waals surface area contributed by atoms with E-state index in [2.05, 4.69) is 0 Å². The van der Waals surface area contributed by atoms with E-state index in [1.54, 1.807) is 0 Å². The lowest BCUT2D eigenvalue weighted by molar-refractivity contribution is 0.0235. The minimum absolute atomic E-state index is 0.0245. The molecule has 0 saturated heterocycles. The Hall–Kier alpha value is -0.290. The van der Waals surface area contributed by atoms with Gasteiger partial charge in [-0.15, -0.1) is 0 Å². The quantitative estimate of drug-likeness (QED) is 0.536. The third kappa shape index (κ3) is 9.71. The smallest absolute Gasteiger partial charge is 0.240 e. The molecule has 0 aliphatic heterocycles. The van der Waals surface area contributed by atoms with E-state index in [1.165, 1.54) is 0 Å². The van der Waals surface area contributed by atoms with E-state index in [-0.39, 0.29) is 32.8 Å². The van der Waals surface area contributed by atoms with Crippen LogP contribution < -0.4 is 0 Å². The molecule has 0 aromatic carbocycles. The molecule has 0 rings (SSSR count). The Balaban J connectivity index is 2.82. The van der Waals surface area contributed by atoms with Crippen molar-refractivity contribution in [2.75, 3.05) is 33.1 Å². The first-order valence-corrected chi connectivity index (χ1v) is 3.77.